The number of amides is 2. The molecule has 1 aliphatic rings. The number of phenolic OH excluding ortho intramolecular Hbond substituents is 1. The monoisotopic (exact) mass is 390 g/mol. The highest BCUT2D eigenvalue weighted by atomic mass is 16.3. The Morgan fingerprint density at radius 1 is 1.17 bits per heavy atom. The number of rotatable bonds is 6. The molecule has 7 heteroatoms. The molecule has 0 saturated heterocycles. The summed E-state index contributed by atoms with van der Waals surface area (Å²) in [5, 5.41) is 15.8. The summed E-state index contributed by atoms with van der Waals surface area (Å²) in [6, 6.07) is 12.3. The Labute approximate surface area is 168 Å². The third-order valence-electron chi connectivity index (χ3n) is 5.07. The van der Waals surface area contributed by atoms with E-state index in [9.17, 15) is 14.7 Å². The summed E-state index contributed by atoms with van der Waals surface area (Å²) in [5.41, 5.74) is 3.03. The van der Waals surface area contributed by atoms with E-state index in [-0.39, 0.29) is 23.6 Å². The summed E-state index contributed by atoms with van der Waals surface area (Å²) in [6.07, 6.45) is 6.76. The molecule has 4 rings (SSSR count). The third-order valence-corrected chi connectivity index (χ3v) is 5.07. The van der Waals surface area contributed by atoms with E-state index in [4.69, 9.17) is 0 Å². The van der Waals surface area contributed by atoms with Gasteiger partial charge in [0.2, 0.25) is 5.91 Å². The van der Waals surface area contributed by atoms with Crippen LogP contribution in [0.15, 0.2) is 61.2 Å². The topological polar surface area (TPSA) is 96.2 Å². The maximum absolute atomic E-state index is 12.7. The first-order valence-corrected chi connectivity index (χ1v) is 9.55. The van der Waals surface area contributed by atoms with Crippen molar-refractivity contribution in [2.75, 3.05) is 5.32 Å². The second kappa shape index (κ2) is 8.18. The number of phenols is 1. The van der Waals surface area contributed by atoms with Crippen molar-refractivity contribution in [3.63, 3.8) is 0 Å². The molecule has 0 radical (unpaired) electrons. The van der Waals surface area contributed by atoms with Gasteiger partial charge in [-0.05, 0) is 48.2 Å². The van der Waals surface area contributed by atoms with Crippen molar-refractivity contribution in [1.29, 1.82) is 0 Å². The fraction of sp³-hybridized carbons (Fsp3) is 0.227. The van der Waals surface area contributed by atoms with Crippen LogP contribution in [0, 0.1) is 0 Å². The lowest BCUT2D eigenvalue weighted by atomic mass is 10.1. The first kappa shape index (κ1) is 18.7. The largest absolute Gasteiger partial charge is 0.508 e. The zero-order valence-electron chi connectivity index (χ0n) is 15.8. The number of benzene rings is 2. The summed E-state index contributed by atoms with van der Waals surface area (Å²) in [7, 11) is 0. The molecule has 1 aromatic heterocycles. The van der Waals surface area contributed by atoms with Gasteiger partial charge in [0.25, 0.3) is 5.91 Å². The van der Waals surface area contributed by atoms with E-state index in [0.717, 1.165) is 11.1 Å². The second-order valence-electron chi connectivity index (χ2n) is 7.17. The maximum atomic E-state index is 12.7. The number of aromatic hydroxyl groups is 1. The molecule has 3 N–H and O–H groups in total. The average molecular weight is 390 g/mol. The number of carbonyl (C=O) groups is 2. The molecule has 29 heavy (non-hydrogen) atoms. The molecular weight excluding hydrogens is 368 g/mol. The van der Waals surface area contributed by atoms with Gasteiger partial charge in [-0.2, -0.15) is 0 Å². The van der Waals surface area contributed by atoms with Crippen LogP contribution in [0.5, 0.6) is 5.75 Å². The maximum Gasteiger partial charge on any atom is 0.251 e. The Hall–Kier alpha value is -3.61. The minimum Gasteiger partial charge on any atom is -0.508 e. The van der Waals surface area contributed by atoms with Crippen molar-refractivity contribution in [2.45, 2.75) is 31.8 Å². The summed E-state index contributed by atoms with van der Waals surface area (Å²) in [4.78, 5) is 28.8. The number of aryl methyl sites for hydroxylation is 1. The van der Waals surface area contributed by atoms with Crippen molar-refractivity contribution >= 4 is 17.5 Å². The molecule has 0 bridgehead atoms. The molecule has 1 unspecified atom stereocenters. The molecular formula is C22H22N4O3. The lowest BCUT2D eigenvalue weighted by molar-refractivity contribution is -0.116. The summed E-state index contributed by atoms with van der Waals surface area (Å²) in [5.74, 6) is -0.0468. The fourth-order valence-corrected chi connectivity index (χ4v) is 3.61. The van der Waals surface area contributed by atoms with Gasteiger partial charge in [-0.1, -0.05) is 18.2 Å². The predicted molar refractivity (Wildman–Crippen MR) is 109 cm³/mol. The second-order valence-corrected chi connectivity index (χ2v) is 7.17. The van der Waals surface area contributed by atoms with Crippen molar-refractivity contribution < 1.29 is 14.7 Å². The number of fused-ring (bicyclic) bond motifs is 1. The van der Waals surface area contributed by atoms with E-state index in [1.807, 2.05) is 16.7 Å². The summed E-state index contributed by atoms with van der Waals surface area (Å²) in [6.45, 7) is 0.543. The van der Waals surface area contributed by atoms with E-state index < -0.39 is 0 Å². The smallest absolute Gasteiger partial charge is 0.251 e. The molecule has 1 atom stereocenters. The standard InChI is InChI=1S/C22H22N4O3/c27-20-6-2-3-15-11-18(13-19(15)20)25-22(29)16-4-1-5-17(12-16)24-21(28)7-9-26-10-8-23-14-26/h1-6,8,10,12,14,18,27H,7,9,11,13H2,(H,24,28)(H,25,29). The molecule has 2 amide bonds. The quantitative estimate of drug-likeness (QED) is 0.603. The van der Waals surface area contributed by atoms with Gasteiger partial charge in [0.05, 0.1) is 6.33 Å². The van der Waals surface area contributed by atoms with Crippen LogP contribution in [0.1, 0.15) is 27.9 Å². The highest BCUT2D eigenvalue weighted by Gasteiger charge is 2.25. The van der Waals surface area contributed by atoms with Crippen LogP contribution < -0.4 is 10.6 Å². The van der Waals surface area contributed by atoms with E-state index in [1.54, 1.807) is 49.1 Å². The van der Waals surface area contributed by atoms with Crippen LogP contribution >= 0.6 is 0 Å². The van der Waals surface area contributed by atoms with Gasteiger partial charge in [-0.15, -0.1) is 0 Å². The van der Waals surface area contributed by atoms with Gasteiger partial charge in [0.15, 0.2) is 0 Å². The molecule has 148 valence electrons. The Bertz CT molecular complexity index is 1030. The first-order chi connectivity index (χ1) is 14.1. The Morgan fingerprint density at radius 2 is 2.03 bits per heavy atom. The molecule has 3 aromatic rings. The van der Waals surface area contributed by atoms with Gasteiger partial charge >= 0.3 is 0 Å². The van der Waals surface area contributed by atoms with Gasteiger partial charge in [-0.25, -0.2) is 4.98 Å². The number of imidazole rings is 1. The number of nitrogens with one attached hydrogen (secondary N) is 2. The number of aromatic nitrogens is 2. The Balaban J connectivity index is 1.34. The SMILES string of the molecule is O=C(CCn1ccnc1)Nc1cccc(C(=O)NC2Cc3cccc(O)c3C2)c1. The minimum absolute atomic E-state index is 0.0563. The van der Waals surface area contributed by atoms with Crippen LogP contribution in [0.3, 0.4) is 0 Å². The average Bonchev–Trinajstić information content (AvgIpc) is 3.37. The zero-order chi connectivity index (χ0) is 20.2. The van der Waals surface area contributed by atoms with Crippen molar-refractivity contribution in [2.24, 2.45) is 0 Å². The molecule has 0 saturated carbocycles. The minimum atomic E-state index is -0.197. The molecule has 0 aliphatic heterocycles. The lowest BCUT2D eigenvalue weighted by Crippen LogP contribution is -2.35. The predicted octanol–water partition coefficient (Wildman–Crippen LogP) is 2.51. The molecule has 0 fully saturated rings. The van der Waals surface area contributed by atoms with Gasteiger partial charge in [0, 0.05) is 42.7 Å². The van der Waals surface area contributed by atoms with Crippen LogP contribution in [0.2, 0.25) is 0 Å². The van der Waals surface area contributed by atoms with Gasteiger partial charge in [-0.3, -0.25) is 9.59 Å². The molecule has 7 nitrogen and oxygen atoms in total. The molecule has 0 spiro atoms. The fourth-order valence-electron chi connectivity index (χ4n) is 3.61. The number of hydrogen-bond acceptors (Lipinski definition) is 4. The normalized spacial score (nSPS) is 15.0. The van der Waals surface area contributed by atoms with Crippen molar-refractivity contribution in [3.05, 3.63) is 77.9 Å². The van der Waals surface area contributed by atoms with E-state index >= 15 is 0 Å². The van der Waals surface area contributed by atoms with E-state index in [0.29, 0.717) is 37.1 Å². The number of nitrogens with zero attached hydrogens (tertiary/aromatic N) is 2. The van der Waals surface area contributed by atoms with Crippen molar-refractivity contribution in [3.8, 4) is 5.75 Å². The highest BCUT2D eigenvalue weighted by Crippen LogP contribution is 2.29. The first-order valence-electron chi connectivity index (χ1n) is 9.55. The number of carbonyl (C=O) groups excluding carboxylic acids is 2. The van der Waals surface area contributed by atoms with E-state index in [1.165, 1.54) is 0 Å². The zero-order valence-corrected chi connectivity index (χ0v) is 15.8. The summed E-state index contributed by atoms with van der Waals surface area (Å²) < 4.78 is 1.83. The van der Waals surface area contributed by atoms with Gasteiger partial charge < -0.3 is 20.3 Å². The highest BCUT2D eigenvalue weighted by molar-refractivity contribution is 5.97. The van der Waals surface area contributed by atoms with Crippen LogP contribution in [0.4, 0.5) is 5.69 Å². The molecule has 1 aliphatic carbocycles. The van der Waals surface area contributed by atoms with Crippen LogP contribution in [-0.2, 0) is 24.2 Å². The third kappa shape index (κ3) is 4.45. The van der Waals surface area contributed by atoms with Crippen molar-refractivity contribution in [1.82, 2.24) is 14.9 Å². The lowest BCUT2D eigenvalue weighted by Gasteiger charge is -2.13. The number of anilines is 1. The molecule has 2 aromatic carbocycles. The van der Waals surface area contributed by atoms with Gasteiger partial charge in [0.1, 0.15) is 5.75 Å². The van der Waals surface area contributed by atoms with Crippen LogP contribution in [-0.4, -0.2) is 32.5 Å². The summed E-state index contributed by atoms with van der Waals surface area (Å²) >= 11 is 0. The van der Waals surface area contributed by atoms with Crippen LogP contribution in [0.25, 0.3) is 0 Å². The Morgan fingerprint density at radius 3 is 2.83 bits per heavy atom. The molecule has 1 heterocycles. The number of hydrogen-bond donors (Lipinski definition) is 3. The van der Waals surface area contributed by atoms with E-state index in [2.05, 4.69) is 15.6 Å². The Kier molecular flexibility index (Phi) is 5.29.